The van der Waals surface area contributed by atoms with E-state index in [0.717, 1.165) is 43.8 Å². The number of rotatable bonds is 5. The molecule has 0 aromatic heterocycles. The number of carbonyl (C=O) groups is 1. The van der Waals surface area contributed by atoms with Gasteiger partial charge in [-0.2, -0.15) is 0 Å². The Morgan fingerprint density at radius 2 is 1.97 bits per heavy atom. The molecule has 164 valence electrons. The highest BCUT2D eigenvalue weighted by atomic mass is 16.5. The van der Waals surface area contributed by atoms with Gasteiger partial charge in [-0.1, -0.05) is 6.07 Å². The number of amides is 1. The van der Waals surface area contributed by atoms with E-state index in [9.17, 15) is 15.0 Å². The minimum absolute atomic E-state index is 0.0814. The number of benzene rings is 1. The molecule has 2 N–H and O–H groups in total. The molecular weight excluding hydrogens is 380 g/mol. The third-order valence-electron chi connectivity index (χ3n) is 8.30. The van der Waals surface area contributed by atoms with E-state index in [0.29, 0.717) is 32.5 Å². The quantitative estimate of drug-likeness (QED) is 0.772. The monoisotopic (exact) mass is 414 g/mol. The number of ether oxygens (including phenoxy) is 1. The maximum absolute atomic E-state index is 12.7. The van der Waals surface area contributed by atoms with Crippen LogP contribution in [0.5, 0.6) is 5.75 Å². The van der Waals surface area contributed by atoms with E-state index in [-0.39, 0.29) is 17.7 Å². The first kappa shape index (κ1) is 20.3. The number of carbonyl (C=O) groups excluding carboxylic acids is 1. The van der Waals surface area contributed by atoms with Crippen molar-refractivity contribution in [3.8, 4) is 5.75 Å². The van der Waals surface area contributed by atoms with E-state index >= 15 is 0 Å². The summed E-state index contributed by atoms with van der Waals surface area (Å²) >= 11 is 0. The summed E-state index contributed by atoms with van der Waals surface area (Å²) in [5, 5.41) is 22.6. The van der Waals surface area contributed by atoms with Crippen molar-refractivity contribution in [1.29, 1.82) is 0 Å². The number of nitrogens with zero attached hydrogens (tertiary/aromatic N) is 2. The third-order valence-corrected chi connectivity index (χ3v) is 8.30. The third kappa shape index (κ3) is 3.15. The van der Waals surface area contributed by atoms with Crippen LogP contribution in [0.15, 0.2) is 18.2 Å². The molecule has 5 rings (SSSR count). The molecule has 6 nitrogen and oxygen atoms in total. The van der Waals surface area contributed by atoms with Gasteiger partial charge in [0.1, 0.15) is 5.75 Å². The second-order valence-corrected chi connectivity index (χ2v) is 9.88. The van der Waals surface area contributed by atoms with Gasteiger partial charge < -0.3 is 19.8 Å². The van der Waals surface area contributed by atoms with Gasteiger partial charge in [0.15, 0.2) is 0 Å². The molecule has 6 heteroatoms. The van der Waals surface area contributed by atoms with Crippen molar-refractivity contribution < 1.29 is 19.7 Å². The van der Waals surface area contributed by atoms with Gasteiger partial charge in [-0.3, -0.25) is 9.69 Å². The number of phenolic OH excluding ortho intramolecular Hbond substituents is 1. The van der Waals surface area contributed by atoms with Gasteiger partial charge in [0, 0.05) is 38.2 Å². The lowest BCUT2D eigenvalue weighted by Gasteiger charge is -2.61. The van der Waals surface area contributed by atoms with Crippen LogP contribution >= 0.6 is 0 Å². The van der Waals surface area contributed by atoms with Crippen LogP contribution in [0.3, 0.4) is 0 Å². The van der Waals surface area contributed by atoms with Gasteiger partial charge in [0.05, 0.1) is 18.6 Å². The van der Waals surface area contributed by atoms with E-state index in [4.69, 9.17) is 4.74 Å². The summed E-state index contributed by atoms with van der Waals surface area (Å²) in [4.78, 5) is 17.2. The Morgan fingerprint density at radius 1 is 1.20 bits per heavy atom. The predicted octanol–water partition coefficient (Wildman–Crippen LogP) is 2.06. The number of piperidine rings is 1. The smallest absolute Gasteiger partial charge is 0.224 e. The first-order chi connectivity index (χ1) is 14.5. The van der Waals surface area contributed by atoms with E-state index in [2.05, 4.69) is 4.90 Å². The lowest BCUT2D eigenvalue weighted by atomic mass is 9.52. The maximum Gasteiger partial charge on any atom is 0.224 e. The molecule has 1 aromatic carbocycles. The van der Waals surface area contributed by atoms with Gasteiger partial charge in [0.25, 0.3) is 0 Å². The van der Waals surface area contributed by atoms with Crippen molar-refractivity contribution in [2.45, 2.75) is 62.0 Å². The fourth-order valence-electron chi connectivity index (χ4n) is 6.46. The maximum atomic E-state index is 12.7. The number of aliphatic hydroxyl groups is 1. The van der Waals surface area contributed by atoms with Gasteiger partial charge in [-0.05, 0) is 74.2 Å². The number of aromatic hydroxyl groups is 1. The van der Waals surface area contributed by atoms with Crippen LogP contribution in [-0.2, 0) is 21.4 Å². The van der Waals surface area contributed by atoms with Crippen LogP contribution in [0, 0.1) is 5.92 Å². The molecule has 30 heavy (non-hydrogen) atoms. The summed E-state index contributed by atoms with van der Waals surface area (Å²) in [7, 11) is 1.62. The lowest BCUT2D eigenvalue weighted by molar-refractivity contribution is -0.149. The van der Waals surface area contributed by atoms with Crippen LogP contribution in [0.1, 0.15) is 49.7 Å². The molecule has 0 radical (unpaired) electrons. The molecular formula is C24H34N2O4. The van der Waals surface area contributed by atoms with Gasteiger partial charge in [-0.15, -0.1) is 0 Å². The Bertz CT molecular complexity index is 825. The Kier molecular flexibility index (Phi) is 5.07. The number of fused-ring (bicyclic) bond motifs is 1. The first-order valence-electron chi connectivity index (χ1n) is 11.5. The zero-order valence-electron chi connectivity index (χ0n) is 18.0. The second-order valence-electron chi connectivity index (χ2n) is 9.88. The van der Waals surface area contributed by atoms with Gasteiger partial charge >= 0.3 is 0 Å². The van der Waals surface area contributed by atoms with Crippen LogP contribution in [-0.4, -0.2) is 77.5 Å². The van der Waals surface area contributed by atoms with Crippen molar-refractivity contribution in [3.63, 3.8) is 0 Å². The van der Waals surface area contributed by atoms with Crippen LogP contribution in [0.25, 0.3) is 0 Å². The SMILES string of the molecule is COCCC(=O)N1CCC23CCN(CC4CC4)C(Cc4ccc(O)cc42)C3(O)CC1. The largest absolute Gasteiger partial charge is 0.508 e. The summed E-state index contributed by atoms with van der Waals surface area (Å²) in [6.07, 6.45) is 6.02. The van der Waals surface area contributed by atoms with Gasteiger partial charge in [0.2, 0.25) is 5.91 Å². The Hall–Kier alpha value is -1.63. The van der Waals surface area contributed by atoms with Crippen molar-refractivity contribution in [2.75, 3.05) is 39.9 Å². The zero-order valence-corrected chi connectivity index (χ0v) is 18.0. The molecule has 3 fully saturated rings. The zero-order chi connectivity index (χ0) is 20.9. The van der Waals surface area contributed by atoms with E-state index in [1.54, 1.807) is 13.2 Å². The molecule has 1 aromatic rings. The Morgan fingerprint density at radius 3 is 2.73 bits per heavy atom. The number of hydrogen-bond acceptors (Lipinski definition) is 5. The average Bonchev–Trinajstić information content (AvgIpc) is 3.55. The highest BCUT2D eigenvalue weighted by Crippen LogP contribution is 2.56. The summed E-state index contributed by atoms with van der Waals surface area (Å²) < 4.78 is 5.10. The molecule has 2 aliphatic heterocycles. The summed E-state index contributed by atoms with van der Waals surface area (Å²) in [6.45, 7) is 3.72. The minimum atomic E-state index is -0.878. The summed E-state index contributed by atoms with van der Waals surface area (Å²) in [5.41, 5.74) is 1.08. The molecule has 4 aliphatic rings. The van der Waals surface area contributed by atoms with Crippen molar-refractivity contribution in [3.05, 3.63) is 29.3 Å². The highest BCUT2D eigenvalue weighted by molar-refractivity contribution is 5.76. The van der Waals surface area contributed by atoms with Crippen molar-refractivity contribution in [1.82, 2.24) is 9.80 Å². The van der Waals surface area contributed by atoms with E-state index in [1.165, 1.54) is 18.4 Å². The molecule has 2 aliphatic carbocycles. The summed E-state index contributed by atoms with van der Waals surface area (Å²) in [6, 6.07) is 5.79. The molecule has 1 amide bonds. The minimum Gasteiger partial charge on any atom is -0.508 e. The topological polar surface area (TPSA) is 73.2 Å². The molecule has 3 atom stereocenters. The second kappa shape index (κ2) is 7.50. The fraction of sp³-hybridized carbons (Fsp3) is 0.708. The number of phenols is 1. The van der Waals surface area contributed by atoms with E-state index < -0.39 is 11.0 Å². The Labute approximate surface area is 178 Å². The van der Waals surface area contributed by atoms with Gasteiger partial charge in [-0.25, -0.2) is 0 Å². The van der Waals surface area contributed by atoms with E-state index in [1.807, 2.05) is 17.0 Å². The standard InChI is InChI=1S/C24H34N2O4/c1-30-13-6-22(28)25-10-7-23-8-11-26(16-17-2-3-17)21(24(23,29)9-12-25)14-18-4-5-19(27)15-20(18)23/h4-5,15,17,21,27,29H,2-3,6-14,16H2,1H3. The molecule has 2 saturated heterocycles. The fourth-order valence-corrected chi connectivity index (χ4v) is 6.46. The lowest BCUT2D eigenvalue weighted by Crippen LogP contribution is -2.71. The highest BCUT2D eigenvalue weighted by Gasteiger charge is 2.63. The normalized spacial score (nSPS) is 33.5. The van der Waals surface area contributed by atoms with Crippen molar-refractivity contribution in [2.24, 2.45) is 5.92 Å². The molecule has 2 bridgehead atoms. The molecule has 2 heterocycles. The Balaban J connectivity index is 1.52. The number of methoxy groups -OCH3 is 1. The van der Waals surface area contributed by atoms with Crippen LogP contribution < -0.4 is 0 Å². The molecule has 1 saturated carbocycles. The van der Waals surface area contributed by atoms with Crippen LogP contribution in [0.2, 0.25) is 0 Å². The molecule has 0 spiro atoms. The summed E-state index contributed by atoms with van der Waals surface area (Å²) in [5.74, 6) is 1.15. The van der Waals surface area contributed by atoms with Crippen LogP contribution in [0.4, 0.5) is 0 Å². The number of likely N-dealkylation sites (tertiary alicyclic amines) is 2. The van der Waals surface area contributed by atoms with Crippen molar-refractivity contribution >= 4 is 5.91 Å². The first-order valence-corrected chi connectivity index (χ1v) is 11.5. The molecule has 3 unspecified atom stereocenters. The predicted molar refractivity (Wildman–Crippen MR) is 113 cm³/mol. The number of hydrogen-bond donors (Lipinski definition) is 2. The average molecular weight is 415 g/mol.